The highest BCUT2D eigenvalue weighted by atomic mass is 32.2. The van der Waals surface area contributed by atoms with Crippen molar-refractivity contribution in [2.75, 3.05) is 24.9 Å². The highest BCUT2D eigenvalue weighted by Crippen LogP contribution is 2.38. The summed E-state index contributed by atoms with van der Waals surface area (Å²) >= 11 is 0. The van der Waals surface area contributed by atoms with Crippen LogP contribution in [0.25, 0.3) is 10.8 Å². The minimum atomic E-state index is -3.40. The largest absolute Gasteiger partial charge is 0.497 e. The maximum absolute atomic E-state index is 13.5. The fourth-order valence-corrected chi connectivity index (χ4v) is 7.80. The molecule has 0 saturated heterocycles. The molecule has 4 N–H and O–H groups in total. The van der Waals surface area contributed by atoms with Crippen LogP contribution in [0.15, 0.2) is 90.0 Å². The van der Waals surface area contributed by atoms with E-state index < -0.39 is 21.8 Å². The van der Waals surface area contributed by atoms with Crippen LogP contribution in [0.3, 0.4) is 0 Å². The number of anilines is 2. The van der Waals surface area contributed by atoms with Crippen LogP contribution in [0.5, 0.6) is 23.0 Å². The summed E-state index contributed by atoms with van der Waals surface area (Å²) in [6, 6.07) is 22.9. The summed E-state index contributed by atoms with van der Waals surface area (Å²) in [6.45, 7) is 6.11. The highest BCUT2D eigenvalue weighted by Gasteiger charge is 2.37. The molecule has 11 nitrogen and oxygen atoms in total. The molecule has 1 aliphatic rings. The number of nitrogens with one attached hydrogen (secondary N) is 2. The van der Waals surface area contributed by atoms with Crippen LogP contribution >= 0.6 is 0 Å². The molecule has 0 unspecified atom stereocenters. The van der Waals surface area contributed by atoms with Gasteiger partial charge in [0.05, 0.1) is 42.2 Å². The average Bonchev–Trinajstić information content (AvgIpc) is 3.95. The number of hydrogen-bond acceptors (Lipinski definition) is 8. The van der Waals surface area contributed by atoms with Crippen molar-refractivity contribution in [2.24, 2.45) is 5.73 Å². The summed E-state index contributed by atoms with van der Waals surface area (Å²) in [5, 5.41) is 7.03. The fourth-order valence-electron chi connectivity index (χ4n) is 6.06. The third-order valence-electron chi connectivity index (χ3n) is 8.85. The topological polar surface area (TPSA) is 159 Å². The summed E-state index contributed by atoms with van der Waals surface area (Å²) in [5.41, 5.74) is 9.14. The minimum Gasteiger partial charge on any atom is -0.497 e. The first kappa shape index (κ1) is 36.2. The summed E-state index contributed by atoms with van der Waals surface area (Å²) in [6.07, 6.45) is 3.33. The molecule has 0 atom stereocenters. The number of methoxy groups -OCH3 is 2. The molecule has 0 aliphatic heterocycles. The van der Waals surface area contributed by atoms with Gasteiger partial charge in [0.25, 0.3) is 0 Å². The normalized spacial score (nSPS) is 13.0. The number of amides is 3. The molecule has 52 heavy (non-hydrogen) atoms. The number of sulfone groups is 1. The Morgan fingerprint density at radius 1 is 0.865 bits per heavy atom. The maximum atomic E-state index is 13.5. The van der Waals surface area contributed by atoms with Crippen molar-refractivity contribution in [3.05, 3.63) is 107 Å². The van der Waals surface area contributed by atoms with Crippen molar-refractivity contribution in [1.29, 1.82) is 0 Å². The van der Waals surface area contributed by atoms with Gasteiger partial charge < -0.3 is 30.6 Å². The SMILES string of the molecule is COc1cc(Cc2cc(Oc3ccc(NC(=O)Nc4cc(C(C)(C)C)cc(CC(N)=O)c4OC)c4ccccc34)ccn2)cc(S(=O)(=O)C2CC2)c1. The van der Waals surface area contributed by atoms with Crippen LogP contribution in [0.2, 0.25) is 0 Å². The van der Waals surface area contributed by atoms with E-state index in [2.05, 4.69) is 15.6 Å². The van der Waals surface area contributed by atoms with Crippen molar-refractivity contribution in [1.82, 2.24) is 4.98 Å². The number of benzene rings is 4. The molecule has 6 rings (SSSR count). The molecule has 1 heterocycles. The predicted octanol–water partition coefficient (Wildman–Crippen LogP) is 7.54. The van der Waals surface area contributed by atoms with Crippen molar-refractivity contribution in [2.45, 2.75) is 62.0 Å². The van der Waals surface area contributed by atoms with E-state index in [1.165, 1.54) is 14.2 Å². The van der Waals surface area contributed by atoms with Gasteiger partial charge in [0, 0.05) is 40.7 Å². The summed E-state index contributed by atoms with van der Waals surface area (Å²) in [4.78, 5) is 30.1. The van der Waals surface area contributed by atoms with Crippen LogP contribution in [0.4, 0.5) is 16.2 Å². The van der Waals surface area contributed by atoms with Crippen LogP contribution in [-0.2, 0) is 32.9 Å². The third kappa shape index (κ3) is 8.13. The Balaban J connectivity index is 1.23. The van der Waals surface area contributed by atoms with Crippen molar-refractivity contribution < 1.29 is 32.2 Å². The van der Waals surface area contributed by atoms with E-state index in [1.807, 2.05) is 69.3 Å². The van der Waals surface area contributed by atoms with Crippen LogP contribution < -0.4 is 30.6 Å². The lowest BCUT2D eigenvalue weighted by atomic mass is 9.85. The van der Waals surface area contributed by atoms with E-state index in [-0.39, 0.29) is 22.0 Å². The molecule has 12 heteroatoms. The van der Waals surface area contributed by atoms with Crippen molar-refractivity contribution in [3.8, 4) is 23.0 Å². The first-order chi connectivity index (χ1) is 24.7. The highest BCUT2D eigenvalue weighted by molar-refractivity contribution is 7.92. The molecule has 1 saturated carbocycles. The lowest BCUT2D eigenvalue weighted by Gasteiger charge is -2.23. The quantitative estimate of drug-likeness (QED) is 0.119. The molecular formula is C40H42N4O7S. The fraction of sp³-hybridized carbons (Fsp3) is 0.275. The second-order valence-electron chi connectivity index (χ2n) is 13.9. The molecule has 5 aromatic rings. The van der Waals surface area contributed by atoms with Gasteiger partial charge in [-0.2, -0.15) is 0 Å². The van der Waals surface area contributed by atoms with Gasteiger partial charge >= 0.3 is 6.03 Å². The number of nitrogens with zero attached hydrogens (tertiary/aromatic N) is 1. The Morgan fingerprint density at radius 3 is 2.27 bits per heavy atom. The first-order valence-electron chi connectivity index (χ1n) is 16.9. The molecule has 3 amide bonds. The number of nitrogens with two attached hydrogens (primary N) is 1. The number of pyridine rings is 1. The Bertz CT molecular complexity index is 2280. The van der Waals surface area contributed by atoms with Gasteiger partial charge in [0.1, 0.15) is 23.0 Å². The minimum absolute atomic E-state index is 0.0406. The van der Waals surface area contributed by atoms with Gasteiger partial charge in [-0.25, -0.2) is 13.2 Å². The predicted molar refractivity (Wildman–Crippen MR) is 202 cm³/mol. The zero-order valence-electron chi connectivity index (χ0n) is 29.8. The Hall–Kier alpha value is -5.62. The zero-order chi connectivity index (χ0) is 37.2. The van der Waals surface area contributed by atoms with Gasteiger partial charge in [0.15, 0.2) is 9.84 Å². The molecule has 0 radical (unpaired) electrons. The van der Waals surface area contributed by atoms with E-state index >= 15 is 0 Å². The van der Waals surface area contributed by atoms with Gasteiger partial charge in [0.2, 0.25) is 5.91 Å². The van der Waals surface area contributed by atoms with Crippen molar-refractivity contribution in [3.63, 3.8) is 0 Å². The Kier molecular flexibility index (Phi) is 10.1. The smallest absolute Gasteiger partial charge is 0.323 e. The molecule has 0 bridgehead atoms. The molecule has 1 aromatic heterocycles. The van der Waals surface area contributed by atoms with E-state index in [0.29, 0.717) is 64.9 Å². The lowest BCUT2D eigenvalue weighted by Crippen LogP contribution is -2.22. The van der Waals surface area contributed by atoms with E-state index in [0.717, 1.165) is 21.9 Å². The molecule has 1 aliphatic carbocycles. The number of hydrogen-bond donors (Lipinski definition) is 3. The van der Waals surface area contributed by atoms with Gasteiger partial charge in [-0.15, -0.1) is 0 Å². The maximum Gasteiger partial charge on any atom is 0.323 e. The number of ether oxygens (including phenoxy) is 3. The zero-order valence-corrected chi connectivity index (χ0v) is 30.6. The van der Waals surface area contributed by atoms with Crippen molar-refractivity contribution >= 4 is 43.9 Å². The number of aromatic nitrogens is 1. The third-order valence-corrected chi connectivity index (χ3v) is 11.1. The summed E-state index contributed by atoms with van der Waals surface area (Å²) < 4.78 is 43.4. The van der Waals surface area contributed by atoms with Crippen LogP contribution in [0.1, 0.15) is 56.0 Å². The average molecular weight is 723 g/mol. The number of fused-ring (bicyclic) bond motifs is 1. The van der Waals surface area contributed by atoms with Gasteiger partial charge in [-0.05, 0) is 71.8 Å². The Labute approximate surface area is 303 Å². The van der Waals surface area contributed by atoms with E-state index in [1.54, 1.807) is 36.5 Å². The van der Waals surface area contributed by atoms with Crippen LogP contribution in [0, 0.1) is 0 Å². The molecule has 4 aromatic carbocycles. The number of rotatable bonds is 12. The monoisotopic (exact) mass is 722 g/mol. The van der Waals surface area contributed by atoms with E-state index in [4.69, 9.17) is 19.9 Å². The molecule has 0 spiro atoms. The second-order valence-corrected chi connectivity index (χ2v) is 16.1. The molecule has 1 fully saturated rings. The van der Waals surface area contributed by atoms with Gasteiger partial charge in [-0.3, -0.25) is 9.78 Å². The molecule has 270 valence electrons. The van der Waals surface area contributed by atoms with E-state index in [9.17, 15) is 18.0 Å². The number of primary amides is 1. The first-order valence-corrected chi connectivity index (χ1v) is 18.4. The van der Waals surface area contributed by atoms with Gasteiger partial charge in [-0.1, -0.05) is 51.1 Å². The number of carbonyl (C=O) groups is 2. The lowest BCUT2D eigenvalue weighted by molar-refractivity contribution is -0.117. The number of urea groups is 1. The Morgan fingerprint density at radius 2 is 1.60 bits per heavy atom. The summed E-state index contributed by atoms with van der Waals surface area (Å²) in [5.74, 6) is 1.43. The summed E-state index contributed by atoms with van der Waals surface area (Å²) in [7, 11) is -0.404. The standard InChI is InChI=1S/C40H42N4O7S/c1-40(2,3)26-19-25(20-37(41)45)38(50-5)35(21-26)44-39(46)43-34-12-13-36(33-9-7-6-8-32(33)34)51-28-14-15-42-27(22-28)16-24-17-29(49-4)23-31(18-24)52(47,48)30-10-11-30/h6-9,12-15,17-19,21-23,30H,10-11,16,20H2,1-5H3,(H2,41,45)(H2,43,44,46). The number of carbonyl (C=O) groups excluding carboxylic acids is 2. The molecular weight excluding hydrogens is 681 g/mol. The van der Waals surface area contributed by atoms with Crippen LogP contribution in [-0.4, -0.2) is 44.8 Å². The second kappa shape index (κ2) is 14.5.